The van der Waals surface area contributed by atoms with Crippen molar-refractivity contribution in [3.63, 3.8) is 0 Å². The fourth-order valence-electron chi connectivity index (χ4n) is 4.16. The molecular formula is C20H21NO2. The number of ketones is 1. The van der Waals surface area contributed by atoms with Crippen LogP contribution in [0, 0.1) is 0 Å². The summed E-state index contributed by atoms with van der Waals surface area (Å²) in [6.07, 6.45) is 2.06. The Morgan fingerprint density at radius 2 is 2.04 bits per heavy atom. The number of likely N-dealkylation sites (N-methyl/N-ethyl adjacent to an activating group) is 1. The molecule has 2 aromatic carbocycles. The number of rotatable bonds is 2. The number of ether oxygens (including phenoxy) is 1. The first-order valence-corrected chi connectivity index (χ1v) is 8.15. The molecule has 2 aliphatic rings. The van der Waals surface area contributed by atoms with Crippen LogP contribution in [0.1, 0.15) is 40.0 Å². The summed E-state index contributed by atoms with van der Waals surface area (Å²) in [6.45, 7) is 2.70. The maximum absolute atomic E-state index is 12.0. The van der Waals surface area contributed by atoms with Crippen LogP contribution in [0.2, 0.25) is 0 Å². The van der Waals surface area contributed by atoms with E-state index >= 15 is 0 Å². The second kappa shape index (κ2) is 5.20. The summed E-state index contributed by atoms with van der Waals surface area (Å²) < 4.78 is 5.68. The van der Waals surface area contributed by atoms with Crippen LogP contribution in [0.5, 0.6) is 5.75 Å². The summed E-state index contributed by atoms with van der Waals surface area (Å²) in [5.41, 5.74) is 7.16. The van der Waals surface area contributed by atoms with Gasteiger partial charge in [-0.05, 0) is 55.1 Å². The van der Waals surface area contributed by atoms with E-state index in [2.05, 4.69) is 36.2 Å². The second-order valence-electron chi connectivity index (χ2n) is 6.57. The van der Waals surface area contributed by atoms with Gasteiger partial charge in [0, 0.05) is 18.2 Å². The molecule has 3 nitrogen and oxygen atoms in total. The van der Waals surface area contributed by atoms with Crippen LogP contribution in [-0.2, 0) is 12.8 Å². The van der Waals surface area contributed by atoms with E-state index in [-0.39, 0.29) is 5.78 Å². The first-order valence-electron chi connectivity index (χ1n) is 8.15. The summed E-state index contributed by atoms with van der Waals surface area (Å²) >= 11 is 0. The van der Waals surface area contributed by atoms with Crippen molar-refractivity contribution in [3.05, 3.63) is 52.6 Å². The van der Waals surface area contributed by atoms with E-state index in [0.717, 1.165) is 30.7 Å². The Morgan fingerprint density at radius 1 is 1.22 bits per heavy atom. The molecule has 0 unspecified atom stereocenters. The highest BCUT2D eigenvalue weighted by molar-refractivity contribution is 6.00. The number of fused-ring (bicyclic) bond motifs is 2. The van der Waals surface area contributed by atoms with Gasteiger partial charge in [0.05, 0.1) is 12.7 Å². The quantitative estimate of drug-likeness (QED) is 0.793. The number of benzene rings is 2. The Labute approximate surface area is 136 Å². The normalized spacial score (nSPS) is 19.0. The lowest BCUT2D eigenvalue weighted by Gasteiger charge is -2.40. The van der Waals surface area contributed by atoms with Gasteiger partial charge in [0.1, 0.15) is 5.75 Å². The van der Waals surface area contributed by atoms with Gasteiger partial charge in [-0.3, -0.25) is 9.69 Å². The molecule has 118 valence electrons. The highest BCUT2D eigenvalue weighted by Crippen LogP contribution is 2.48. The predicted octanol–water partition coefficient (Wildman–Crippen LogP) is 3.65. The molecule has 1 heterocycles. The SMILES string of the molecule is COc1c(C(C)=O)ccc2c1-c1cccc3c1[C@@H](C2)N(C)CC3. The maximum atomic E-state index is 12.0. The van der Waals surface area contributed by atoms with Crippen molar-refractivity contribution in [1.82, 2.24) is 4.90 Å². The second-order valence-corrected chi connectivity index (χ2v) is 6.57. The van der Waals surface area contributed by atoms with Gasteiger partial charge in [0.2, 0.25) is 0 Å². The monoisotopic (exact) mass is 307 g/mol. The number of hydrogen-bond donors (Lipinski definition) is 0. The van der Waals surface area contributed by atoms with Gasteiger partial charge in [0.15, 0.2) is 5.78 Å². The van der Waals surface area contributed by atoms with Gasteiger partial charge in [-0.15, -0.1) is 0 Å². The standard InChI is InChI=1S/C20H21NO2/c1-12(22)15-8-7-14-11-17-18-13(9-10-21(17)2)5-4-6-16(18)19(14)20(15)23-3/h4-8,17H,9-11H2,1-3H3/t17-/m1/s1. The molecule has 0 spiro atoms. The smallest absolute Gasteiger partial charge is 0.163 e. The molecule has 0 aromatic heterocycles. The Bertz CT molecular complexity index is 810. The average molecular weight is 307 g/mol. The van der Waals surface area contributed by atoms with Gasteiger partial charge in [-0.25, -0.2) is 0 Å². The molecule has 1 aliphatic carbocycles. The van der Waals surface area contributed by atoms with Crippen molar-refractivity contribution in [3.8, 4) is 16.9 Å². The molecule has 0 amide bonds. The number of nitrogens with zero attached hydrogens (tertiary/aromatic N) is 1. The average Bonchev–Trinajstić information content (AvgIpc) is 2.56. The van der Waals surface area contributed by atoms with Crippen molar-refractivity contribution in [1.29, 1.82) is 0 Å². The maximum Gasteiger partial charge on any atom is 0.163 e. The fourth-order valence-corrected chi connectivity index (χ4v) is 4.16. The summed E-state index contributed by atoms with van der Waals surface area (Å²) in [5, 5.41) is 0. The molecule has 0 radical (unpaired) electrons. The summed E-state index contributed by atoms with van der Waals surface area (Å²) in [7, 11) is 3.87. The Hall–Kier alpha value is -2.13. The van der Waals surface area contributed by atoms with Crippen LogP contribution in [0.3, 0.4) is 0 Å². The number of Topliss-reactive ketones (excluding diaryl/α,β-unsaturated/α-hetero) is 1. The van der Waals surface area contributed by atoms with Gasteiger partial charge < -0.3 is 4.74 Å². The van der Waals surface area contributed by atoms with Crippen LogP contribution in [0.15, 0.2) is 30.3 Å². The van der Waals surface area contributed by atoms with E-state index in [0.29, 0.717) is 11.6 Å². The lowest BCUT2D eigenvalue weighted by atomic mass is 9.76. The van der Waals surface area contributed by atoms with E-state index in [1.165, 1.54) is 22.3 Å². The summed E-state index contributed by atoms with van der Waals surface area (Å²) in [4.78, 5) is 14.4. The van der Waals surface area contributed by atoms with Crippen molar-refractivity contribution in [2.75, 3.05) is 20.7 Å². The minimum atomic E-state index is 0.0497. The van der Waals surface area contributed by atoms with Gasteiger partial charge in [0.25, 0.3) is 0 Å². The van der Waals surface area contributed by atoms with Crippen LogP contribution in [-0.4, -0.2) is 31.4 Å². The minimum absolute atomic E-state index is 0.0497. The first-order chi connectivity index (χ1) is 11.1. The number of methoxy groups -OCH3 is 1. The van der Waals surface area contributed by atoms with Crippen LogP contribution in [0.4, 0.5) is 0 Å². The molecule has 0 saturated heterocycles. The van der Waals surface area contributed by atoms with E-state index in [1.807, 2.05) is 6.07 Å². The van der Waals surface area contributed by atoms with Gasteiger partial charge in [-0.2, -0.15) is 0 Å². The molecule has 0 fully saturated rings. The fraction of sp³-hybridized carbons (Fsp3) is 0.350. The lowest BCUT2D eigenvalue weighted by Crippen LogP contribution is -2.35. The van der Waals surface area contributed by atoms with Crippen LogP contribution < -0.4 is 4.74 Å². The molecule has 2 aromatic rings. The minimum Gasteiger partial charge on any atom is -0.495 e. The highest BCUT2D eigenvalue weighted by atomic mass is 16.5. The number of carbonyl (C=O) groups excluding carboxylic acids is 1. The molecule has 3 heteroatoms. The zero-order valence-electron chi connectivity index (χ0n) is 13.8. The topological polar surface area (TPSA) is 29.5 Å². The first kappa shape index (κ1) is 14.5. The summed E-state index contributed by atoms with van der Waals surface area (Å²) in [6, 6.07) is 11.0. The molecule has 0 saturated carbocycles. The molecule has 23 heavy (non-hydrogen) atoms. The van der Waals surface area contributed by atoms with Gasteiger partial charge >= 0.3 is 0 Å². The molecule has 1 atom stereocenters. The largest absolute Gasteiger partial charge is 0.495 e. The number of hydrogen-bond acceptors (Lipinski definition) is 3. The highest BCUT2D eigenvalue weighted by Gasteiger charge is 2.34. The third-order valence-corrected chi connectivity index (χ3v) is 5.31. The van der Waals surface area contributed by atoms with Gasteiger partial charge in [-0.1, -0.05) is 24.3 Å². The lowest BCUT2D eigenvalue weighted by molar-refractivity contribution is 0.101. The molecule has 1 aliphatic heterocycles. The summed E-state index contributed by atoms with van der Waals surface area (Å²) in [5.74, 6) is 0.781. The third-order valence-electron chi connectivity index (χ3n) is 5.31. The van der Waals surface area contributed by atoms with Crippen molar-refractivity contribution >= 4 is 5.78 Å². The zero-order chi connectivity index (χ0) is 16.1. The van der Waals surface area contributed by atoms with Crippen molar-refractivity contribution in [2.45, 2.75) is 25.8 Å². The third kappa shape index (κ3) is 2.03. The van der Waals surface area contributed by atoms with E-state index in [9.17, 15) is 4.79 Å². The van der Waals surface area contributed by atoms with Crippen molar-refractivity contribution < 1.29 is 9.53 Å². The Kier molecular flexibility index (Phi) is 3.27. The molecule has 4 rings (SSSR count). The van der Waals surface area contributed by atoms with E-state index in [4.69, 9.17) is 4.74 Å². The van der Waals surface area contributed by atoms with Crippen LogP contribution >= 0.6 is 0 Å². The zero-order valence-corrected chi connectivity index (χ0v) is 13.8. The molecule has 0 bridgehead atoms. The van der Waals surface area contributed by atoms with Crippen molar-refractivity contribution in [2.24, 2.45) is 0 Å². The molecule has 0 N–H and O–H groups in total. The van der Waals surface area contributed by atoms with E-state index in [1.54, 1.807) is 14.0 Å². The van der Waals surface area contributed by atoms with E-state index < -0.39 is 0 Å². The predicted molar refractivity (Wildman–Crippen MR) is 91.2 cm³/mol. The number of carbonyl (C=O) groups is 1. The Balaban J connectivity index is 2.04. The molecular weight excluding hydrogens is 286 g/mol. The Morgan fingerprint density at radius 3 is 2.78 bits per heavy atom. The van der Waals surface area contributed by atoms with Crippen LogP contribution in [0.25, 0.3) is 11.1 Å².